The summed E-state index contributed by atoms with van der Waals surface area (Å²) in [5.74, 6) is 5.83. The molecule has 1 fully saturated rings. The van der Waals surface area contributed by atoms with Gasteiger partial charge in [-0.2, -0.15) is 0 Å². The maximum atomic E-state index is 12.1. The minimum atomic E-state index is -0.564. The molecule has 2 atom stereocenters. The van der Waals surface area contributed by atoms with Crippen LogP contribution in [0.25, 0.3) is 0 Å². The van der Waals surface area contributed by atoms with E-state index in [1.807, 2.05) is 51.1 Å². The zero-order valence-corrected chi connectivity index (χ0v) is 12.2. The van der Waals surface area contributed by atoms with E-state index in [1.54, 1.807) is 0 Å². The Balaban J connectivity index is 2.05. The van der Waals surface area contributed by atoms with E-state index in [-0.39, 0.29) is 11.9 Å². The highest BCUT2D eigenvalue weighted by Gasteiger charge is 2.36. The molecule has 0 amide bonds. The fourth-order valence-electron chi connectivity index (χ4n) is 2.03. The van der Waals surface area contributed by atoms with Crippen molar-refractivity contribution in [3.63, 3.8) is 0 Å². The molecule has 3 heteroatoms. The molecule has 1 aromatic carbocycles. The molecule has 1 aromatic rings. The SMILES string of the molecule is CC(C)(C)OC(=O)[C@H]1OCCC1C#Cc1ccccc1. The fraction of sp³-hybridized carbons (Fsp3) is 0.471. The minimum absolute atomic E-state index is 0.0925. The molecule has 3 nitrogen and oxygen atoms in total. The predicted octanol–water partition coefficient (Wildman–Crippen LogP) is 2.78. The van der Waals surface area contributed by atoms with Crippen molar-refractivity contribution in [3.05, 3.63) is 35.9 Å². The van der Waals surface area contributed by atoms with Gasteiger partial charge < -0.3 is 9.47 Å². The van der Waals surface area contributed by atoms with Crippen LogP contribution in [0.4, 0.5) is 0 Å². The number of hydrogen-bond acceptors (Lipinski definition) is 3. The lowest BCUT2D eigenvalue weighted by molar-refractivity contribution is -0.166. The summed E-state index contributed by atoms with van der Waals surface area (Å²) in [6.45, 7) is 6.11. The van der Waals surface area contributed by atoms with E-state index in [1.165, 1.54) is 0 Å². The van der Waals surface area contributed by atoms with E-state index >= 15 is 0 Å². The van der Waals surface area contributed by atoms with Crippen molar-refractivity contribution in [2.75, 3.05) is 6.61 Å². The maximum absolute atomic E-state index is 12.1. The number of esters is 1. The van der Waals surface area contributed by atoms with Crippen molar-refractivity contribution in [2.45, 2.75) is 38.9 Å². The third kappa shape index (κ3) is 4.11. The lowest BCUT2D eigenvalue weighted by Crippen LogP contribution is -2.34. The third-order valence-corrected chi connectivity index (χ3v) is 2.91. The molecule has 0 aliphatic carbocycles. The molecule has 1 saturated heterocycles. The molecular weight excluding hydrogens is 252 g/mol. The van der Waals surface area contributed by atoms with E-state index in [0.29, 0.717) is 6.61 Å². The number of hydrogen-bond donors (Lipinski definition) is 0. The Bertz CT molecular complexity index is 517. The predicted molar refractivity (Wildman–Crippen MR) is 77.0 cm³/mol. The van der Waals surface area contributed by atoms with E-state index < -0.39 is 11.7 Å². The molecule has 20 heavy (non-hydrogen) atoms. The second-order valence-corrected chi connectivity index (χ2v) is 5.86. The van der Waals surface area contributed by atoms with Crippen molar-refractivity contribution in [1.82, 2.24) is 0 Å². The molecule has 0 radical (unpaired) electrons. The van der Waals surface area contributed by atoms with Gasteiger partial charge in [0, 0.05) is 12.2 Å². The summed E-state index contributed by atoms with van der Waals surface area (Å²) in [4.78, 5) is 12.1. The second-order valence-electron chi connectivity index (χ2n) is 5.86. The largest absolute Gasteiger partial charge is 0.458 e. The quantitative estimate of drug-likeness (QED) is 0.582. The van der Waals surface area contributed by atoms with Crippen LogP contribution in [-0.4, -0.2) is 24.3 Å². The van der Waals surface area contributed by atoms with Crippen LogP contribution in [-0.2, 0) is 14.3 Å². The van der Waals surface area contributed by atoms with Crippen molar-refractivity contribution < 1.29 is 14.3 Å². The van der Waals surface area contributed by atoms with Gasteiger partial charge in [0.05, 0.1) is 5.92 Å². The molecule has 0 N–H and O–H groups in total. The molecule has 0 saturated carbocycles. The number of rotatable bonds is 1. The highest BCUT2D eigenvalue weighted by molar-refractivity contribution is 5.76. The van der Waals surface area contributed by atoms with Crippen LogP contribution >= 0.6 is 0 Å². The average molecular weight is 272 g/mol. The standard InChI is InChI=1S/C17H20O3/c1-17(2,3)20-16(18)15-14(11-12-19-15)10-9-13-7-5-4-6-8-13/h4-8,14-15H,11-12H2,1-3H3/t14?,15-/m0/s1. The molecule has 1 aliphatic rings. The first-order valence-electron chi connectivity index (χ1n) is 6.87. The van der Waals surface area contributed by atoms with Gasteiger partial charge in [0.15, 0.2) is 6.10 Å². The maximum Gasteiger partial charge on any atom is 0.337 e. The van der Waals surface area contributed by atoms with Crippen LogP contribution in [0.5, 0.6) is 0 Å². The summed E-state index contributed by atoms with van der Waals surface area (Å²) in [6.07, 6.45) is 0.203. The summed E-state index contributed by atoms with van der Waals surface area (Å²) in [5.41, 5.74) is 0.447. The summed E-state index contributed by atoms with van der Waals surface area (Å²) in [7, 11) is 0. The van der Waals surface area contributed by atoms with Gasteiger partial charge in [0.1, 0.15) is 5.60 Å². The summed E-state index contributed by atoms with van der Waals surface area (Å²) < 4.78 is 10.9. The topological polar surface area (TPSA) is 35.5 Å². The van der Waals surface area contributed by atoms with Gasteiger partial charge in [0.2, 0.25) is 0 Å². The van der Waals surface area contributed by atoms with Gasteiger partial charge in [-0.25, -0.2) is 4.79 Å². The van der Waals surface area contributed by atoms with E-state index in [4.69, 9.17) is 9.47 Å². The normalized spacial score (nSPS) is 21.9. The van der Waals surface area contributed by atoms with Gasteiger partial charge in [-0.05, 0) is 39.3 Å². The van der Waals surface area contributed by atoms with Crippen molar-refractivity contribution in [1.29, 1.82) is 0 Å². The Morgan fingerprint density at radius 1 is 1.30 bits per heavy atom. The first kappa shape index (κ1) is 14.6. The van der Waals surface area contributed by atoms with Gasteiger partial charge in [-0.15, -0.1) is 0 Å². The van der Waals surface area contributed by atoms with Gasteiger partial charge in [-0.1, -0.05) is 30.0 Å². The van der Waals surface area contributed by atoms with Crippen molar-refractivity contribution >= 4 is 5.97 Å². The number of ether oxygens (including phenoxy) is 2. The lowest BCUT2D eigenvalue weighted by atomic mass is 10.0. The Kier molecular flexibility index (Phi) is 4.46. The van der Waals surface area contributed by atoms with Gasteiger partial charge in [0.25, 0.3) is 0 Å². The molecule has 0 spiro atoms. The smallest absolute Gasteiger partial charge is 0.337 e. The van der Waals surface area contributed by atoms with Crippen LogP contribution < -0.4 is 0 Å². The summed E-state index contributed by atoms with van der Waals surface area (Å²) in [6, 6.07) is 9.74. The van der Waals surface area contributed by atoms with Crippen molar-refractivity contribution in [2.24, 2.45) is 5.92 Å². The first-order valence-corrected chi connectivity index (χ1v) is 6.87. The van der Waals surface area contributed by atoms with Crippen LogP contribution in [0, 0.1) is 17.8 Å². The van der Waals surface area contributed by atoms with Gasteiger partial charge >= 0.3 is 5.97 Å². The van der Waals surface area contributed by atoms with E-state index in [2.05, 4.69) is 11.8 Å². The second kappa shape index (κ2) is 6.11. The zero-order valence-electron chi connectivity index (χ0n) is 12.2. The first-order chi connectivity index (χ1) is 9.46. The monoisotopic (exact) mass is 272 g/mol. The molecule has 0 bridgehead atoms. The Morgan fingerprint density at radius 2 is 2.00 bits per heavy atom. The molecule has 106 valence electrons. The highest BCUT2D eigenvalue weighted by Crippen LogP contribution is 2.23. The third-order valence-electron chi connectivity index (χ3n) is 2.91. The highest BCUT2D eigenvalue weighted by atomic mass is 16.6. The summed E-state index contributed by atoms with van der Waals surface area (Å²) >= 11 is 0. The van der Waals surface area contributed by atoms with Crippen LogP contribution in [0.1, 0.15) is 32.8 Å². The van der Waals surface area contributed by atoms with E-state index in [0.717, 1.165) is 12.0 Å². The molecule has 1 unspecified atom stereocenters. The number of benzene rings is 1. The Hall–Kier alpha value is -1.79. The lowest BCUT2D eigenvalue weighted by Gasteiger charge is -2.22. The molecule has 2 rings (SSSR count). The van der Waals surface area contributed by atoms with Crippen LogP contribution in [0.15, 0.2) is 30.3 Å². The molecule has 0 aromatic heterocycles. The van der Waals surface area contributed by atoms with Crippen LogP contribution in [0.2, 0.25) is 0 Å². The zero-order chi connectivity index (χ0) is 14.6. The summed E-state index contributed by atoms with van der Waals surface area (Å²) in [5, 5.41) is 0. The van der Waals surface area contributed by atoms with Crippen molar-refractivity contribution in [3.8, 4) is 11.8 Å². The molecule has 1 heterocycles. The van der Waals surface area contributed by atoms with E-state index in [9.17, 15) is 4.79 Å². The van der Waals surface area contributed by atoms with Crippen LogP contribution in [0.3, 0.4) is 0 Å². The number of carbonyl (C=O) groups excluding carboxylic acids is 1. The van der Waals surface area contributed by atoms with Gasteiger partial charge in [-0.3, -0.25) is 0 Å². The molecule has 1 aliphatic heterocycles. The number of carbonyl (C=O) groups is 1. The Morgan fingerprint density at radius 3 is 2.65 bits per heavy atom. The minimum Gasteiger partial charge on any atom is -0.458 e. The molecular formula is C17H20O3. The fourth-order valence-corrected chi connectivity index (χ4v) is 2.03. The average Bonchev–Trinajstić information content (AvgIpc) is 2.84. The Labute approximate surface area is 120 Å².